The summed E-state index contributed by atoms with van der Waals surface area (Å²) in [5, 5.41) is 26.9. The molecule has 5 atom stereocenters. The van der Waals surface area contributed by atoms with E-state index in [9.17, 15) is 24.3 Å². The molecule has 0 unspecified atom stereocenters. The number of aliphatic hydroxyl groups is 1. The Balaban J connectivity index is 1.09. The molecule has 5 aromatic rings. The van der Waals surface area contributed by atoms with Crippen molar-refractivity contribution in [1.29, 1.82) is 0 Å². The molecule has 0 saturated carbocycles. The van der Waals surface area contributed by atoms with E-state index in [2.05, 4.69) is 44.7 Å². The fourth-order valence-corrected chi connectivity index (χ4v) is 10.9. The zero-order valence-corrected chi connectivity index (χ0v) is 42.1. The number of allylic oxidation sites excluding steroid dienone is 4. The fourth-order valence-electron chi connectivity index (χ4n) is 8.87. The van der Waals surface area contributed by atoms with E-state index in [1.165, 1.54) is 17.2 Å². The van der Waals surface area contributed by atoms with E-state index < -0.39 is 53.4 Å². The monoisotopic (exact) mass is 981 g/mol. The maximum atomic E-state index is 14.4. The number of hydrogen-bond acceptors (Lipinski definition) is 12. The summed E-state index contributed by atoms with van der Waals surface area (Å²) in [5.41, 5.74) is 7.52. The van der Waals surface area contributed by atoms with E-state index in [1.807, 2.05) is 105 Å². The number of nitrogens with one attached hydrogen (secondary N) is 2. The number of aromatic nitrogens is 4. The predicted octanol–water partition coefficient (Wildman–Crippen LogP) is 8.15. The van der Waals surface area contributed by atoms with Gasteiger partial charge in [0.2, 0.25) is 23.6 Å². The Morgan fingerprint density at radius 3 is 2.37 bits per heavy atom. The van der Waals surface area contributed by atoms with Gasteiger partial charge >= 0.3 is 0 Å². The summed E-state index contributed by atoms with van der Waals surface area (Å²) < 4.78 is 8.11. The van der Waals surface area contributed by atoms with Crippen molar-refractivity contribution in [3.8, 4) is 21.2 Å². The van der Waals surface area contributed by atoms with Crippen LogP contribution in [0.2, 0.25) is 0 Å². The Hall–Kier alpha value is -6.69. The number of fused-ring (bicyclic) bond motifs is 21. The molecule has 4 amide bonds. The molecule has 4 aliphatic heterocycles. The molecule has 3 N–H and O–H groups in total. The van der Waals surface area contributed by atoms with E-state index in [0.29, 0.717) is 43.3 Å². The first-order valence-electron chi connectivity index (χ1n) is 23.6. The number of rotatable bonds is 2. The maximum Gasteiger partial charge on any atom is 0.248 e. The summed E-state index contributed by atoms with van der Waals surface area (Å²) in [6, 6.07) is 12.5. The molecular weight excluding hydrogens is 923 g/mol. The second-order valence-corrected chi connectivity index (χ2v) is 21.0. The quantitative estimate of drug-likeness (QED) is 0.157. The van der Waals surface area contributed by atoms with Crippen LogP contribution in [0.1, 0.15) is 109 Å². The number of aryl methyl sites for hydroxylation is 3. The minimum Gasteiger partial charge on any atom is -0.494 e. The van der Waals surface area contributed by atoms with Crippen LogP contribution in [0.3, 0.4) is 0 Å². The smallest absolute Gasteiger partial charge is 0.248 e. The first kappa shape index (κ1) is 49.7. The van der Waals surface area contributed by atoms with Crippen LogP contribution in [-0.2, 0) is 19.2 Å². The molecule has 2 aromatic carbocycles. The van der Waals surface area contributed by atoms with E-state index >= 15 is 0 Å². The molecule has 7 heterocycles. The highest BCUT2D eigenvalue weighted by molar-refractivity contribution is 7.15. The number of ether oxygens (including phenoxy) is 1. The largest absolute Gasteiger partial charge is 0.494 e. The number of amides is 4. The van der Waals surface area contributed by atoms with E-state index in [4.69, 9.17) is 9.73 Å². The van der Waals surface area contributed by atoms with Gasteiger partial charge in [-0.3, -0.25) is 28.7 Å². The first-order valence-corrected chi connectivity index (χ1v) is 25.3. The van der Waals surface area contributed by atoms with Crippen molar-refractivity contribution in [3.63, 3.8) is 0 Å². The molecule has 4 aliphatic rings. The van der Waals surface area contributed by atoms with Crippen LogP contribution >= 0.6 is 22.7 Å². The van der Waals surface area contributed by atoms with Crippen LogP contribution in [0.15, 0.2) is 100 Å². The average molecular weight is 982 g/mol. The lowest BCUT2D eigenvalue weighted by Gasteiger charge is -2.35. The molecular formula is C53H59N9O6S2. The van der Waals surface area contributed by atoms with Crippen molar-refractivity contribution in [2.24, 2.45) is 15.4 Å². The van der Waals surface area contributed by atoms with Crippen LogP contribution in [0.5, 0.6) is 5.75 Å². The molecule has 3 aromatic heterocycles. The van der Waals surface area contributed by atoms with Crippen LogP contribution in [0.25, 0.3) is 15.4 Å². The topological polar surface area (TPSA) is 193 Å². The highest BCUT2D eigenvalue weighted by Gasteiger charge is 2.45. The zero-order chi connectivity index (χ0) is 49.7. The first-order chi connectivity index (χ1) is 33.6. The van der Waals surface area contributed by atoms with Gasteiger partial charge in [-0.15, -0.1) is 32.9 Å². The number of carbonyl (C=O) groups is 4. The SMILES string of the molecule is Cc1ncsc1-c1ccc([C@@H]2C/C=C\C=C\C=NC(=O)C[C@@H]3N=C(c4ccc(cc4)OCCC/C=C/C(=O)N[C@@H](C(C)(C)C)C(=O)N4C[C@H](O)C[C@H]4C(=O)N2)c2c(sc(C)c2C)-n2c(C)nnc23)cc1. The number of thiophene rings is 1. The molecule has 70 heavy (non-hydrogen) atoms. The van der Waals surface area contributed by atoms with Crippen molar-refractivity contribution >= 4 is 58.2 Å². The minimum atomic E-state index is -0.980. The maximum absolute atomic E-state index is 14.4. The van der Waals surface area contributed by atoms with Gasteiger partial charge in [0.25, 0.3) is 0 Å². The molecule has 1 fully saturated rings. The molecule has 0 radical (unpaired) electrons. The predicted molar refractivity (Wildman–Crippen MR) is 274 cm³/mol. The fraction of sp³-hybridized carbons (Fsp3) is 0.377. The average Bonchev–Trinajstić information content (AvgIpc) is 4.10. The summed E-state index contributed by atoms with van der Waals surface area (Å²) in [7, 11) is 0. The van der Waals surface area contributed by atoms with Gasteiger partial charge in [-0.25, -0.2) is 9.98 Å². The van der Waals surface area contributed by atoms with Gasteiger partial charge in [0.1, 0.15) is 34.7 Å². The van der Waals surface area contributed by atoms with Gasteiger partial charge < -0.3 is 25.4 Å². The standard InChI is InChI=1S/C53H59N9O6S2/c1-31-33(3)70-52-45(31)46-36-21-23-39(24-22-36)68-26-14-10-12-16-43(64)58-48(53(5,6)7)51(67)61-29-38(63)27-42(61)50(66)57-40(35-17-19-37(20-18-35)47-32(2)55-30-69-47)15-11-8-9-13-25-54-44(65)28-41(56-46)49-60-59-34(4)62(49)52/h8-9,11-13,16-25,30,38,40-42,48,63H,10,14-15,26-29H2,1-7H3,(H,57,66)(H,58,64)/b11-8-,13-9+,16-12+,54-25?/t38-,40+,41+,42+,48-/m1/s1. The summed E-state index contributed by atoms with van der Waals surface area (Å²) in [6.45, 7) is 13.9. The summed E-state index contributed by atoms with van der Waals surface area (Å²) in [4.78, 5) is 73.1. The molecule has 9 rings (SSSR count). The van der Waals surface area contributed by atoms with E-state index in [0.717, 1.165) is 54.0 Å². The van der Waals surface area contributed by atoms with Crippen LogP contribution in [0, 0.1) is 33.1 Å². The second-order valence-electron chi connectivity index (χ2n) is 18.9. The third-order valence-electron chi connectivity index (χ3n) is 12.7. The van der Waals surface area contributed by atoms with Crippen molar-refractivity contribution in [1.82, 2.24) is 35.3 Å². The van der Waals surface area contributed by atoms with Gasteiger partial charge in [0.05, 0.1) is 47.0 Å². The number of nitrogens with zero attached hydrogens (tertiary/aromatic N) is 7. The third kappa shape index (κ3) is 11.2. The number of thiazole rings is 1. The van der Waals surface area contributed by atoms with Crippen molar-refractivity contribution < 1.29 is 29.0 Å². The van der Waals surface area contributed by atoms with Gasteiger partial charge in [-0.1, -0.05) is 69.3 Å². The number of hydrogen-bond donors (Lipinski definition) is 3. The van der Waals surface area contributed by atoms with Gasteiger partial charge in [-0.2, -0.15) is 0 Å². The highest BCUT2D eigenvalue weighted by atomic mass is 32.1. The molecule has 15 nitrogen and oxygen atoms in total. The Kier molecular flexibility index (Phi) is 15.3. The van der Waals surface area contributed by atoms with Gasteiger partial charge in [-0.05, 0) is 105 Å². The van der Waals surface area contributed by atoms with Gasteiger partial charge in [0, 0.05) is 35.2 Å². The molecule has 0 spiro atoms. The normalized spacial score (nSPS) is 23.4. The Labute approximate surface area is 416 Å². The summed E-state index contributed by atoms with van der Waals surface area (Å²) >= 11 is 3.19. The van der Waals surface area contributed by atoms with E-state index in [-0.39, 0.29) is 25.3 Å². The number of aliphatic hydroxyl groups excluding tert-OH is 1. The lowest BCUT2D eigenvalue weighted by molar-refractivity contribution is -0.143. The summed E-state index contributed by atoms with van der Waals surface area (Å²) in [6.07, 6.45) is 12.4. The lowest BCUT2D eigenvalue weighted by atomic mass is 9.85. The highest BCUT2D eigenvalue weighted by Crippen LogP contribution is 2.40. The van der Waals surface area contributed by atoms with Crippen LogP contribution < -0.4 is 15.4 Å². The van der Waals surface area contributed by atoms with Crippen LogP contribution in [-0.4, -0.2) is 96.6 Å². The van der Waals surface area contributed by atoms with Crippen molar-refractivity contribution in [2.45, 2.75) is 111 Å². The Bertz CT molecular complexity index is 2900. The second kappa shape index (κ2) is 21.5. The number of aliphatic imine (C=N–C) groups is 2. The molecule has 4 bridgehead atoms. The zero-order valence-electron chi connectivity index (χ0n) is 40.5. The molecule has 364 valence electrons. The Morgan fingerprint density at radius 1 is 0.886 bits per heavy atom. The number of benzene rings is 2. The van der Waals surface area contributed by atoms with E-state index in [1.54, 1.807) is 40.9 Å². The van der Waals surface area contributed by atoms with Gasteiger partial charge in [0.15, 0.2) is 5.82 Å². The molecule has 17 heteroatoms. The number of carbonyl (C=O) groups excluding carboxylic acids is 4. The Morgan fingerprint density at radius 2 is 1.64 bits per heavy atom. The molecule has 0 aliphatic carbocycles. The summed E-state index contributed by atoms with van der Waals surface area (Å²) in [5.74, 6) is 0.253. The van der Waals surface area contributed by atoms with Crippen LogP contribution in [0.4, 0.5) is 0 Å². The molecule has 1 saturated heterocycles. The lowest BCUT2D eigenvalue weighted by Crippen LogP contribution is -2.57. The van der Waals surface area contributed by atoms with Crippen molar-refractivity contribution in [3.05, 3.63) is 135 Å². The minimum absolute atomic E-state index is 0.0350. The van der Waals surface area contributed by atoms with Crippen molar-refractivity contribution in [2.75, 3.05) is 13.2 Å². The third-order valence-corrected chi connectivity index (χ3v) is 14.9.